The molecule has 4 saturated carbocycles. The molecule has 1 heterocycles. The highest BCUT2D eigenvalue weighted by Gasteiger charge is 2.49. The SMILES string of the molecule is CC(C)(C)C(NC(=O)O)C1CCN(C(=O)NC2C3CC4CC(C3)CC2C4)C1. The minimum Gasteiger partial charge on any atom is -0.465 e. The average molecular weight is 378 g/mol. The van der Waals surface area contributed by atoms with Crippen LogP contribution in [0.25, 0.3) is 0 Å². The van der Waals surface area contributed by atoms with E-state index in [1.807, 2.05) is 4.90 Å². The molecule has 3 amide bonds. The number of hydrogen-bond acceptors (Lipinski definition) is 2. The fourth-order valence-corrected chi connectivity index (χ4v) is 6.81. The van der Waals surface area contributed by atoms with E-state index in [9.17, 15) is 14.7 Å². The molecule has 5 fully saturated rings. The highest BCUT2D eigenvalue weighted by molar-refractivity contribution is 5.75. The van der Waals surface area contributed by atoms with E-state index in [-0.39, 0.29) is 23.4 Å². The zero-order chi connectivity index (χ0) is 19.3. The van der Waals surface area contributed by atoms with Crippen LogP contribution in [0.5, 0.6) is 0 Å². The molecule has 27 heavy (non-hydrogen) atoms. The van der Waals surface area contributed by atoms with Crippen LogP contribution in [-0.4, -0.2) is 47.3 Å². The van der Waals surface area contributed by atoms with Gasteiger partial charge in [0.1, 0.15) is 0 Å². The Morgan fingerprint density at radius 1 is 1.04 bits per heavy atom. The molecule has 5 rings (SSSR count). The molecule has 4 bridgehead atoms. The lowest BCUT2D eigenvalue weighted by molar-refractivity contribution is -0.0108. The quantitative estimate of drug-likeness (QED) is 0.704. The number of carboxylic acid groups (broad SMARTS) is 1. The first-order valence-electron chi connectivity index (χ1n) is 10.8. The van der Waals surface area contributed by atoms with Crippen LogP contribution >= 0.6 is 0 Å². The van der Waals surface area contributed by atoms with Crippen LogP contribution in [0.2, 0.25) is 0 Å². The van der Waals surface area contributed by atoms with Gasteiger partial charge in [0.25, 0.3) is 0 Å². The number of amides is 3. The molecule has 0 aromatic carbocycles. The third-order valence-corrected chi connectivity index (χ3v) is 7.71. The number of nitrogens with one attached hydrogen (secondary N) is 2. The Hall–Kier alpha value is -1.46. The van der Waals surface area contributed by atoms with Crippen LogP contribution in [0.15, 0.2) is 0 Å². The standard InChI is InChI=1S/C21H35N3O3/c1-21(2,3)18(23-20(26)27)14-4-5-24(11-14)19(25)22-17-15-7-12-6-13(9-15)10-16(17)8-12/h12-18,23H,4-11H2,1-3H3,(H,22,25)(H,26,27). The number of carbonyl (C=O) groups is 2. The Labute approximate surface area is 162 Å². The molecule has 0 aromatic rings. The van der Waals surface area contributed by atoms with Gasteiger partial charge in [0.15, 0.2) is 0 Å². The number of rotatable bonds is 3. The minimum absolute atomic E-state index is 0.0676. The summed E-state index contributed by atoms with van der Waals surface area (Å²) in [5.74, 6) is 3.35. The molecule has 6 heteroatoms. The van der Waals surface area contributed by atoms with Gasteiger partial charge in [0.2, 0.25) is 0 Å². The summed E-state index contributed by atoms with van der Waals surface area (Å²) in [5.41, 5.74) is -0.170. The van der Waals surface area contributed by atoms with Crippen molar-refractivity contribution in [3.8, 4) is 0 Å². The van der Waals surface area contributed by atoms with Crippen LogP contribution in [-0.2, 0) is 0 Å². The van der Waals surface area contributed by atoms with Gasteiger partial charge in [-0.2, -0.15) is 0 Å². The second-order valence-corrected chi connectivity index (χ2v) is 10.7. The first kappa shape index (κ1) is 18.9. The van der Waals surface area contributed by atoms with Gasteiger partial charge in [-0.1, -0.05) is 20.8 Å². The maximum absolute atomic E-state index is 13.0. The van der Waals surface area contributed by atoms with Crippen molar-refractivity contribution >= 4 is 12.1 Å². The summed E-state index contributed by atoms with van der Waals surface area (Å²) >= 11 is 0. The van der Waals surface area contributed by atoms with Crippen molar-refractivity contribution in [2.45, 2.75) is 71.4 Å². The maximum Gasteiger partial charge on any atom is 0.404 e. The van der Waals surface area contributed by atoms with Gasteiger partial charge in [-0.25, -0.2) is 9.59 Å². The molecular formula is C21H35N3O3. The Balaban J connectivity index is 1.36. The third-order valence-electron chi connectivity index (χ3n) is 7.71. The summed E-state index contributed by atoms with van der Waals surface area (Å²) in [6, 6.07) is 0.284. The van der Waals surface area contributed by atoms with Gasteiger partial charge in [-0.05, 0) is 73.5 Å². The number of carbonyl (C=O) groups excluding carboxylic acids is 1. The summed E-state index contributed by atoms with van der Waals surface area (Å²) in [6.45, 7) is 7.54. The lowest BCUT2D eigenvalue weighted by atomic mass is 9.54. The van der Waals surface area contributed by atoms with Gasteiger partial charge in [-0.15, -0.1) is 0 Å². The average Bonchev–Trinajstić information content (AvgIpc) is 3.03. The highest BCUT2D eigenvalue weighted by Crippen LogP contribution is 2.53. The maximum atomic E-state index is 13.0. The molecule has 1 saturated heterocycles. The predicted molar refractivity (Wildman–Crippen MR) is 103 cm³/mol. The van der Waals surface area contributed by atoms with Crippen LogP contribution in [0, 0.1) is 35.0 Å². The summed E-state index contributed by atoms with van der Waals surface area (Å²) in [5, 5.41) is 15.3. The normalized spacial score (nSPS) is 38.7. The zero-order valence-electron chi connectivity index (χ0n) is 16.9. The smallest absolute Gasteiger partial charge is 0.404 e. The molecule has 6 nitrogen and oxygen atoms in total. The first-order valence-corrected chi connectivity index (χ1v) is 10.8. The van der Waals surface area contributed by atoms with Crippen molar-refractivity contribution in [3.05, 3.63) is 0 Å². The Morgan fingerprint density at radius 3 is 2.15 bits per heavy atom. The summed E-state index contributed by atoms with van der Waals surface area (Å²) in [7, 11) is 0. The highest BCUT2D eigenvalue weighted by atomic mass is 16.4. The van der Waals surface area contributed by atoms with E-state index in [1.165, 1.54) is 32.1 Å². The van der Waals surface area contributed by atoms with Crippen molar-refractivity contribution in [2.75, 3.05) is 13.1 Å². The van der Waals surface area contributed by atoms with E-state index in [2.05, 4.69) is 31.4 Å². The van der Waals surface area contributed by atoms with Crippen LogP contribution in [0.1, 0.15) is 59.3 Å². The van der Waals surface area contributed by atoms with Crippen molar-refractivity contribution in [3.63, 3.8) is 0 Å². The number of hydrogen-bond donors (Lipinski definition) is 3. The Kier molecular flexibility index (Phi) is 4.79. The molecule has 0 spiro atoms. The van der Waals surface area contributed by atoms with Gasteiger partial charge >= 0.3 is 12.1 Å². The predicted octanol–water partition coefficient (Wildman–Crippen LogP) is 3.52. The van der Waals surface area contributed by atoms with E-state index in [0.29, 0.717) is 24.4 Å². The second kappa shape index (κ2) is 6.85. The van der Waals surface area contributed by atoms with Gasteiger partial charge in [-0.3, -0.25) is 0 Å². The van der Waals surface area contributed by atoms with E-state index < -0.39 is 6.09 Å². The fraction of sp³-hybridized carbons (Fsp3) is 0.905. The zero-order valence-corrected chi connectivity index (χ0v) is 16.9. The van der Waals surface area contributed by atoms with Crippen LogP contribution in [0.3, 0.4) is 0 Å². The van der Waals surface area contributed by atoms with Crippen molar-refractivity contribution in [1.29, 1.82) is 0 Å². The van der Waals surface area contributed by atoms with E-state index in [1.54, 1.807) is 0 Å². The summed E-state index contributed by atoms with van der Waals surface area (Å²) in [6.07, 6.45) is 6.50. The van der Waals surface area contributed by atoms with Crippen LogP contribution in [0.4, 0.5) is 9.59 Å². The summed E-state index contributed by atoms with van der Waals surface area (Å²) in [4.78, 5) is 26.1. The molecule has 152 valence electrons. The number of likely N-dealkylation sites (tertiary alicyclic amines) is 1. The number of urea groups is 1. The largest absolute Gasteiger partial charge is 0.465 e. The second-order valence-electron chi connectivity index (χ2n) is 10.7. The van der Waals surface area contributed by atoms with Gasteiger partial charge < -0.3 is 20.6 Å². The molecule has 3 N–H and O–H groups in total. The summed E-state index contributed by atoms with van der Waals surface area (Å²) < 4.78 is 0. The molecular weight excluding hydrogens is 342 g/mol. The van der Waals surface area contributed by atoms with Gasteiger partial charge in [0, 0.05) is 25.2 Å². The molecule has 5 aliphatic rings. The fourth-order valence-electron chi connectivity index (χ4n) is 6.81. The molecule has 2 unspecified atom stereocenters. The Morgan fingerprint density at radius 2 is 1.63 bits per heavy atom. The topological polar surface area (TPSA) is 81.7 Å². The molecule has 1 aliphatic heterocycles. The lowest BCUT2D eigenvalue weighted by Gasteiger charge is -2.54. The molecule has 0 aromatic heterocycles. The first-order chi connectivity index (χ1) is 12.7. The van der Waals surface area contributed by atoms with E-state index in [0.717, 1.165) is 24.8 Å². The van der Waals surface area contributed by atoms with Crippen molar-refractivity contribution in [1.82, 2.24) is 15.5 Å². The van der Waals surface area contributed by atoms with Crippen molar-refractivity contribution in [2.24, 2.45) is 35.0 Å². The molecule has 2 atom stereocenters. The van der Waals surface area contributed by atoms with E-state index in [4.69, 9.17) is 0 Å². The monoisotopic (exact) mass is 377 g/mol. The Bertz CT molecular complexity index is 572. The molecule has 4 aliphatic carbocycles. The minimum atomic E-state index is -0.980. The lowest BCUT2D eigenvalue weighted by Crippen LogP contribution is -2.58. The van der Waals surface area contributed by atoms with Crippen molar-refractivity contribution < 1.29 is 14.7 Å². The van der Waals surface area contributed by atoms with Gasteiger partial charge in [0.05, 0.1) is 0 Å². The third kappa shape index (κ3) is 3.77. The van der Waals surface area contributed by atoms with Crippen LogP contribution < -0.4 is 10.6 Å². The number of nitrogens with zero attached hydrogens (tertiary/aromatic N) is 1. The van der Waals surface area contributed by atoms with E-state index >= 15 is 0 Å². The molecule has 0 radical (unpaired) electrons.